The standard InChI is InChI=1S/C15H16ClN3O/c1-19(2)14-10-8-11(20)12(9-6-4-3-5-7-9)13(10)17-15(16)18-14/h3-7,11-12,20H,8H2,1-2H3/t11-,12?/m0/s1. The van der Waals surface area contributed by atoms with Crippen molar-refractivity contribution in [3.63, 3.8) is 0 Å². The van der Waals surface area contributed by atoms with E-state index in [9.17, 15) is 5.11 Å². The van der Waals surface area contributed by atoms with Crippen molar-refractivity contribution in [2.75, 3.05) is 19.0 Å². The topological polar surface area (TPSA) is 49.2 Å². The zero-order chi connectivity index (χ0) is 14.3. The Labute approximate surface area is 123 Å². The molecule has 0 aliphatic heterocycles. The number of aromatic nitrogens is 2. The average molecular weight is 290 g/mol. The second-order valence-electron chi connectivity index (χ2n) is 5.23. The molecular formula is C15H16ClN3O. The zero-order valence-electron chi connectivity index (χ0n) is 11.4. The molecule has 0 spiro atoms. The number of fused-ring (bicyclic) bond motifs is 1. The van der Waals surface area contributed by atoms with Gasteiger partial charge in [-0.3, -0.25) is 0 Å². The zero-order valence-corrected chi connectivity index (χ0v) is 12.2. The van der Waals surface area contributed by atoms with Crippen LogP contribution in [0.5, 0.6) is 0 Å². The highest BCUT2D eigenvalue weighted by Gasteiger charge is 2.36. The van der Waals surface area contributed by atoms with Crippen LogP contribution in [0, 0.1) is 0 Å². The van der Waals surface area contributed by atoms with Crippen molar-refractivity contribution in [1.82, 2.24) is 9.97 Å². The fraction of sp³-hybridized carbons (Fsp3) is 0.333. The summed E-state index contributed by atoms with van der Waals surface area (Å²) in [5.41, 5.74) is 2.88. The molecule has 1 aromatic carbocycles. The minimum Gasteiger partial charge on any atom is -0.392 e. The molecule has 0 radical (unpaired) electrons. The first kappa shape index (κ1) is 13.3. The Kier molecular flexibility index (Phi) is 3.36. The van der Waals surface area contributed by atoms with Gasteiger partial charge >= 0.3 is 0 Å². The maximum absolute atomic E-state index is 10.4. The molecule has 3 rings (SSSR count). The van der Waals surface area contributed by atoms with Crippen LogP contribution in [0.3, 0.4) is 0 Å². The predicted molar refractivity (Wildman–Crippen MR) is 79.4 cm³/mol. The lowest BCUT2D eigenvalue weighted by Crippen LogP contribution is -2.15. The largest absolute Gasteiger partial charge is 0.392 e. The quantitative estimate of drug-likeness (QED) is 0.862. The van der Waals surface area contributed by atoms with E-state index in [4.69, 9.17) is 11.6 Å². The van der Waals surface area contributed by atoms with E-state index in [2.05, 4.69) is 9.97 Å². The molecule has 0 fully saturated rings. The van der Waals surface area contributed by atoms with E-state index >= 15 is 0 Å². The van der Waals surface area contributed by atoms with Gasteiger partial charge in [0.1, 0.15) is 5.82 Å². The number of nitrogens with zero attached hydrogens (tertiary/aromatic N) is 3. The smallest absolute Gasteiger partial charge is 0.224 e. The normalized spacial score (nSPS) is 20.8. The van der Waals surface area contributed by atoms with Crippen LogP contribution >= 0.6 is 11.6 Å². The first-order valence-electron chi connectivity index (χ1n) is 6.54. The summed E-state index contributed by atoms with van der Waals surface area (Å²) in [5, 5.41) is 10.7. The molecule has 1 aliphatic rings. The Bertz CT molecular complexity index is 631. The van der Waals surface area contributed by atoms with E-state index in [1.165, 1.54) is 0 Å². The maximum Gasteiger partial charge on any atom is 0.224 e. The molecule has 0 saturated carbocycles. The van der Waals surface area contributed by atoms with Gasteiger partial charge in [0.15, 0.2) is 0 Å². The number of hydrogen-bond donors (Lipinski definition) is 1. The first-order valence-corrected chi connectivity index (χ1v) is 6.92. The Morgan fingerprint density at radius 2 is 1.90 bits per heavy atom. The van der Waals surface area contributed by atoms with Crippen LogP contribution in [-0.2, 0) is 6.42 Å². The summed E-state index contributed by atoms with van der Waals surface area (Å²) >= 11 is 6.04. The lowest BCUT2D eigenvalue weighted by molar-refractivity contribution is 0.169. The van der Waals surface area contributed by atoms with Crippen LogP contribution in [0.2, 0.25) is 5.28 Å². The summed E-state index contributed by atoms with van der Waals surface area (Å²) < 4.78 is 0. The second kappa shape index (κ2) is 5.04. The highest BCUT2D eigenvalue weighted by Crippen LogP contribution is 2.40. The molecule has 1 heterocycles. The lowest BCUT2D eigenvalue weighted by Gasteiger charge is -2.17. The monoisotopic (exact) mass is 289 g/mol. The van der Waals surface area contributed by atoms with E-state index in [0.717, 1.165) is 22.6 Å². The molecule has 2 atom stereocenters. The number of rotatable bonds is 2. The molecule has 1 aromatic heterocycles. The third-order valence-corrected chi connectivity index (χ3v) is 3.83. The first-order chi connectivity index (χ1) is 9.58. The highest BCUT2D eigenvalue weighted by atomic mass is 35.5. The summed E-state index contributed by atoms with van der Waals surface area (Å²) in [6.45, 7) is 0. The van der Waals surface area contributed by atoms with Crippen LogP contribution in [-0.4, -0.2) is 35.3 Å². The van der Waals surface area contributed by atoms with E-state index in [1.807, 2.05) is 49.3 Å². The van der Waals surface area contributed by atoms with Crippen molar-refractivity contribution >= 4 is 17.4 Å². The van der Waals surface area contributed by atoms with E-state index in [-0.39, 0.29) is 11.2 Å². The van der Waals surface area contributed by atoms with Crippen LogP contribution in [0.25, 0.3) is 0 Å². The Morgan fingerprint density at radius 1 is 1.20 bits per heavy atom. The van der Waals surface area contributed by atoms with Crippen LogP contribution < -0.4 is 4.90 Å². The average Bonchev–Trinajstić information content (AvgIpc) is 2.74. The Hall–Kier alpha value is -1.65. The van der Waals surface area contributed by atoms with Gasteiger partial charge in [-0.2, -0.15) is 0 Å². The molecule has 2 aromatic rings. The molecule has 0 bridgehead atoms. The van der Waals surface area contributed by atoms with Crippen molar-refractivity contribution in [3.05, 3.63) is 52.4 Å². The second-order valence-corrected chi connectivity index (χ2v) is 5.57. The SMILES string of the molecule is CN(C)c1nc(Cl)nc2c1C[C@H](O)C2c1ccccc1. The van der Waals surface area contributed by atoms with Crippen LogP contribution in [0.15, 0.2) is 30.3 Å². The molecule has 104 valence electrons. The lowest BCUT2D eigenvalue weighted by atomic mass is 9.95. The van der Waals surface area contributed by atoms with Gasteiger partial charge in [-0.05, 0) is 17.2 Å². The van der Waals surface area contributed by atoms with Gasteiger partial charge in [0.05, 0.1) is 17.7 Å². The van der Waals surface area contributed by atoms with Crippen molar-refractivity contribution in [1.29, 1.82) is 0 Å². The minimum atomic E-state index is -0.487. The molecule has 0 saturated heterocycles. The van der Waals surface area contributed by atoms with E-state index in [0.29, 0.717) is 6.42 Å². The molecule has 5 heteroatoms. The molecule has 4 nitrogen and oxygen atoms in total. The van der Waals surface area contributed by atoms with Crippen molar-refractivity contribution in [2.45, 2.75) is 18.4 Å². The number of benzene rings is 1. The van der Waals surface area contributed by atoms with Gasteiger partial charge in [0.25, 0.3) is 0 Å². The number of hydrogen-bond acceptors (Lipinski definition) is 4. The van der Waals surface area contributed by atoms with Gasteiger partial charge in [0, 0.05) is 26.1 Å². The molecule has 20 heavy (non-hydrogen) atoms. The van der Waals surface area contributed by atoms with Gasteiger partial charge < -0.3 is 10.0 Å². The number of anilines is 1. The number of aliphatic hydroxyl groups is 1. The van der Waals surface area contributed by atoms with Gasteiger partial charge in [-0.15, -0.1) is 0 Å². The van der Waals surface area contributed by atoms with Crippen LogP contribution in [0.1, 0.15) is 22.7 Å². The van der Waals surface area contributed by atoms with E-state index in [1.54, 1.807) is 0 Å². The predicted octanol–water partition coefficient (Wildman–Crippen LogP) is 2.24. The minimum absolute atomic E-state index is 0.134. The summed E-state index contributed by atoms with van der Waals surface area (Å²) in [6, 6.07) is 9.91. The fourth-order valence-corrected chi connectivity index (χ4v) is 3.01. The van der Waals surface area contributed by atoms with Gasteiger partial charge in [-0.1, -0.05) is 30.3 Å². The fourth-order valence-electron chi connectivity index (χ4n) is 2.83. The maximum atomic E-state index is 10.4. The molecule has 1 aliphatic carbocycles. The third-order valence-electron chi connectivity index (χ3n) is 3.66. The van der Waals surface area contributed by atoms with Crippen LogP contribution in [0.4, 0.5) is 5.82 Å². The Morgan fingerprint density at radius 3 is 2.55 bits per heavy atom. The van der Waals surface area contributed by atoms with E-state index < -0.39 is 6.10 Å². The number of halogens is 1. The third kappa shape index (κ3) is 2.15. The summed E-state index contributed by atoms with van der Waals surface area (Å²) in [5.74, 6) is 0.655. The van der Waals surface area contributed by atoms with Gasteiger partial charge in [-0.25, -0.2) is 9.97 Å². The summed E-state index contributed by atoms with van der Waals surface area (Å²) in [6.07, 6.45) is 0.0680. The summed E-state index contributed by atoms with van der Waals surface area (Å²) in [4.78, 5) is 10.6. The van der Waals surface area contributed by atoms with Gasteiger partial charge in [0.2, 0.25) is 5.28 Å². The Balaban J connectivity index is 2.15. The van der Waals surface area contributed by atoms with Crippen molar-refractivity contribution in [3.8, 4) is 0 Å². The molecule has 1 N–H and O–H groups in total. The van der Waals surface area contributed by atoms with Crippen molar-refractivity contribution < 1.29 is 5.11 Å². The molecule has 0 amide bonds. The highest BCUT2D eigenvalue weighted by molar-refractivity contribution is 6.28. The van der Waals surface area contributed by atoms with Crippen molar-refractivity contribution in [2.24, 2.45) is 0 Å². The number of aliphatic hydroxyl groups excluding tert-OH is 1. The summed E-state index contributed by atoms with van der Waals surface area (Å²) in [7, 11) is 3.84. The molecular weight excluding hydrogens is 274 g/mol. The molecule has 1 unspecified atom stereocenters.